The first-order chi connectivity index (χ1) is 12.6. The summed E-state index contributed by atoms with van der Waals surface area (Å²) in [5.74, 6) is -0.563. The van der Waals surface area contributed by atoms with Crippen molar-refractivity contribution in [2.24, 2.45) is 0 Å². The minimum Gasteiger partial charge on any atom is -0.324 e. The summed E-state index contributed by atoms with van der Waals surface area (Å²) in [6.07, 6.45) is -4.22. The molecule has 7 nitrogen and oxygen atoms in total. The number of anilines is 1. The molecule has 3 rings (SSSR count). The molecule has 0 aliphatic carbocycles. The van der Waals surface area contributed by atoms with Gasteiger partial charge in [-0.1, -0.05) is 11.6 Å². The van der Waals surface area contributed by atoms with Crippen molar-refractivity contribution in [1.29, 1.82) is 0 Å². The van der Waals surface area contributed by atoms with Gasteiger partial charge in [-0.2, -0.15) is 13.2 Å². The molecule has 2 heterocycles. The van der Waals surface area contributed by atoms with E-state index in [4.69, 9.17) is 11.6 Å². The molecule has 0 fully saturated rings. The van der Waals surface area contributed by atoms with Crippen LogP contribution in [0.4, 0.5) is 18.9 Å². The van der Waals surface area contributed by atoms with Crippen LogP contribution >= 0.6 is 11.6 Å². The Kier molecular flexibility index (Phi) is 5.11. The van der Waals surface area contributed by atoms with E-state index >= 15 is 0 Å². The summed E-state index contributed by atoms with van der Waals surface area (Å²) >= 11 is 5.86. The number of hydrogen-bond acceptors (Lipinski definition) is 4. The Morgan fingerprint density at radius 3 is 2.70 bits per heavy atom. The van der Waals surface area contributed by atoms with Gasteiger partial charge in [0.15, 0.2) is 0 Å². The largest absolute Gasteiger partial charge is 0.416 e. The maximum atomic E-state index is 12.8. The molecular formula is C16H14ClF3N4O3. The fourth-order valence-electron chi connectivity index (χ4n) is 2.86. The Morgan fingerprint density at radius 2 is 2.00 bits per heavy atom. The van der Waals surface area contributed by atoms with Gasteiger partial charge >= 0.3 is 11.9 Å². The maximum Gasteiger partial charge on any atom is 0.416 e. The molecule has 27 heavy (non-hydrogen) atoms. The monoisotopic (exact) mass is 402 g/mol. The smallest absolute Gasteiger partial charge is 0.324 e. The average Bonchev–Trinajstić information content (AvgIpc) is 2.55. The molecule has 3 N–H and O–H groups in total. The van der Waals surface area contributed by atoms with E-state index in [9.17, 15) is 27.6 Å². The van der Waals surface area contributed by atoms with Crippen LogP contribution in [0.25, 0.3) is 0 Å². The molecule has 1 amide bonds. The molecular weight excluding hydrogens is 389 g/mol. The summed E-state index contributed by atoms with van der Waals surface area (Å²) in [6.45, 7) is 0.408. The van der Waals surface area contributed by atoms with Crippen LogP contribution in [-0.2, 0) is 23.9 Å². The zero-order chi connectivity index (χ0) is 19.8. The molecule has 0 spiro atoms. The molecule has 0 saturated carbocycles. The summed E-state index contributed by atoms with van der Waals surface area (Å²) in [5.41, 5.74) is -1.30. The molecule has 144 valence electrons. The van der Waals surface area contributed by atoms with Crippen molar-refractivity contribution in [3.05, 3.63) is 60.9 Å². The van der Waals surface area contributed by atoms with Crippen LogP contribution in [0.15, 0.2) is 27.8 Å². The Bertz CT molecular complexity index is 1000. The van der Waals surface area contributed by atoms with E-state index in [1.165, 1.54) is 0 Å². The lowest BCUT2D eigenvalue weighted by atomic mass is 10.1. The van der Waals surface area contributed by atoms with Crippen molar-refractivity contribution in [1.82, 2.24) is 14.9 Å². The Balaban J connectivity index is 1.70. The Hall–Kier alpha value is -2.59. The second kappa shape index (κ2) is 7.20. The molecule has 2 aromatic rings. The number of carbonyl (C=O) groups is 1. The van der Waals surface area contributed by atoms with Crippen molar-refractivity contribution >= 4 is 23.2 Å². The number of rotatable bonds is 3. The molecule has 1 aliphatic heterocycles. The summed E-state index contributed by atoms with van der Waals surface area (Å²) < 4.78 is 38.4. The van der Waals surface area contributed by atoms with Gasteiger partial charge in [-0.05, 0) is 24.6 Å². The van der Waals surface area contributed by atoms with Gasteiger partial charge in [0, 0.05) is 24.3 Å². The number of alkyl halides is 3. The number of halogens is 4. The predicted octanol–water partition coefficient (Wildman–Crippen LogP) is 1.73. The number of amides is 1. The Labute approximate surface area is 155 Å². The van der Waals surface area contributed by atoms with Gasteiger partial charge in [0.2, 0.25) is 5.91 Å². The molecule has 0 unspecified atom stereocenters. The maximum absolute atomic E-state index is 12.8. The van der Waals surface area contributed by atoms with Gasteiger partial charge in [0.1, 0.15) is 0 Å². The highest BCUT2D eigenvalue weighted by Crippen LogP contribution is 2.33. The number of benzene rings is 1. The topological polar surface area (TPSA) is 98.1 Å². The van der Waals surface area contributed by atoms with Crippen molar-refractivity contribution in [3.8, 4) is 0 Å². The van der Waals surface area contributed by atoms with E-state index in [1.54, 1.807) is 4.90 Å². The molecule has 11 heteroatoms. The highest BCUT2D eigenvalue weighted by molar-refractivity contribution is 6.33. The Morgan fingerprint density at radius 1 is 1.26 bits per heavy atom. The third-order valence-electron chi connectivity index (χ3n) is 4.12. The molecule has 0 saturated heterocycles. The summed E-state index contributed by atoms with van der Waals surface area (Å²) in [5, 5.41) is 2.35. The number of aromatic nitrogens is 2. The van der Waals surface area contributed by atoms with Gasteiger partial charge in [0.05, 0.1) is 22.8 Å². The van der Waals surface area contributed by atoms with E-state index < -0.39 is 28.9 Å². The lowest BCUT2D eigenvalue weighted by Crippen LogP contribution is -2.41. The van der Waals surface area contributed by atoms with Gasteiger partial charge in [-0.25, -0.2) is 4.79 Å². The molecule has 0 radical (unpaired) electrons. The molecule has 0 atom stereocenters. The average molecular weight is 403 g/mol. The number of aromatic amines is 2. The number of H-pyrrole nitrogens is 2. The van der Waals surface area contributed by atoms with Gasteiger partial charge in [-0.3, -0.25) is 19.5 Å². The zero-order valence-corrected chi connectivity index (χ0v) is 14.5. The third-order valence-corrected chi connectivity index (χ3v) is 4.45. The summed E-state index contributed by atoms with van der Waals surface area (Å²) in [7, 11) is 0. The standard InChI is InChI=1S/C16H14ClF3N4O3/c17-10-2-1-8(16(18,19)20)5-11(10)21-13(25)7-24-4-3-9-12(6-24)22-15(27)23-14(9)26/h1-2,5H,3-4,6-7H2,(H,21,25)(H2,22,23,26,27). The SMILES string of the molecule is O=C(CN1CCc2c([nH]c(=O)[nH]c2=O)C1)Nc1cc(C(F)(F)F)ccc1Cl. The van der Waals surface area contributed by atoms with Crippen LogP contribution in [0, 0.1) is 0 Å². The van der Waals surface area contributed by atoms with Gasteiger partial charge < -0.3 is 10.3 Å². The number of fused-ring (bicyclic) bond motifs is 1. The minimum absolute atomic E-state index is 0.0174. The van der Waals surface area contributed by atoms with Gasteiger partial charge in [-0.15, -0.1) is 0 Å². The quantitative estimate of drug-likeness (QED) is 0.728. The molecule has 1 aliphatic rings. The van der Waals surface area contributed by atoms with Crippen LogP contribution in [0.5, 0.6) is 0 Å². The lowest BCUT2D eigenvalue weighted by Gasteiger charge is -2.27. The van der Waals surface area contributed by atoms with Crippen LogP contribution in [0.1, 0.15) is 16.8 Å². The van der Waals surface area contributed by atoms with Crippen molar-refractivity contribution in [3.63, 3.8) is 0 Å². The number of carbonyl (C=O) groups excluding carboxylic acids is 1. The highest BCUT2D eigenvalue weighted by Gasteiger charge is 2.31. The fraction of sp³-hybridized carbons (Fsp3) is 0.312. The van der Waals surface area contributed by atoms with Crippen molar-refractivity contribution < 1.29 is 18.0 Å². The van der Waals surface area contributed by atoms with E-state index in [0.29, 0.717) is 24.2 Å². The first-order valence-corrected chi connectivity index (χ1v) is 8.24. The van der Waals surface area contributed by atoms with E-state index in [-0.39, 0.29) is 23.8 Å². The number of hydrogen-bond donors (Lipinski definition) is 3. The summed E-state index contributed by atoms with van der Waals surface area (Å²) in [6, 6.07) is 2.66. The molecule has 1 aromatic heterocycles. The van der Waals surface area contributed by atoms with E-state index in [0.717, 1.165) is 18.2 Å². The van der Waals surface area contributed by atoms with E-state index in [1.807, 2.05) is 0 Å². The minimum atomic E-state index is -4.56. The van der Waals surface area contributed by atoms with E-state index in [2.05, 4.69) is 15.3 Å². The first kappa shape index (κ1) is 19.2. The summed E-state index contributed by atoms with van der Waals surface area (Å²) in [4.78, 5) is 41.6. The second-order valence-corrected chi connectivity index (χ2v) is 6.47. The predicted molar refractivity (Wildman–Crippen MR) is 91.7 cm³/mol. The van der Waals surface area contributed by atoms with Crippen LogP contribution in [0.3, 0.4) is 0 Å². The van der Waals surface area contributed by atoms with Crippen molar-refractivity contribution in [2.75, 3.05) is 18.4 Å². The molecule has 1 aromatic carbocycles. The number of nitrogens with zero attached hydrogens (tertiary/aromatic N) is 1. The second-order valence-electron chi connectivity index (χ2n) is 6.07. The zero-order valence-electron chi connectivity index (χ0n) is 13.7. The highest BCUT2D eigenvalue weighted by atomic mass is 35.5. The molecule has 0 bridgehead atoms. The van der Waals surface area contributed by atoms with Crippen LogP contribution in [0.2, 0.25) is 5.02 Å². The van der Waals surface area contributed by atoms with Crippen LogP contribution in [-0.4, -0.2) is 33.9 Å². The van der Waals surface area contributed by atoms with Crippen molar-refractivity contribution in [2.45, 2.75) is 19.1 Å². The lowest BCUT2D eigenvalue weighted by molar-refractivity contribution is -0.137. The fourth-order valence-corrected chi connectivity index (χ4v) is 3.02. The van der Waals surface area contributed by atoms with Crippen LogP contribution < -0.4 is 16.6 Å². The normalized spacial score (nSPS) is 14.7. The number of nitrogens with one attached hydrogen (secondary N) is 3. The van der Waals surface area contributed by atoms with Gasteiger partial charge in [0.25, 0.3) is 5.56 Å². The first-order valence-electron chi connectivity index (χ1n) is 7.87. The third kappa shape index (κ3) is 4.40.